The molecule has 0 aromatic heterocycles. The van der Waals surface area contributed by atoms with Crippen molar-refractivity contribution in [2.75, 3.05) is 7.11 Å². The lowest BCUT2D eigenvalue weighted by atomic mass is 9.48. The number of carbonyl (C=O) groups is 3. The highest BCUT2D eigenvalue weighted by Crippen LogP contribution is 2.65. The number of hydrogen-bond donors (Lipinski definition) is 0. The van der Waals surface area contributed by atoms with E-state index in [1.165, 1.54) is 19.6 Å². The third-order valence-electron chi connectivity index (χ3n) is 10.0. The Bertz CT molecular complexity index is 815. The molecule has 0 heterocycles. The molecule has 3 saturated carbocycles. The summed E-state index contributed by atoms with van der Waals surface area (Å²) in [4.78, 5) is 36.9. The Balaban J connectivity index is 1.56. The summed E-state index contributed by atoms with van der Waals surface area (Å²) in [5, 5.41) is 0. The summed E-state index contributed by atoms with van der Waals surface area (Å²) in [6, 6.07) is 0. The molecule has 0 saturated heterocycles. The van der Waals surface area contributed by atoms with Gasteiger partial charge in [0.2, 0.25) is 0 Å². The van der Waals surface area contributed by atoms with Gasteiger partial charge in [0.15, 0.2) is 5.78 Å². The predicted molar refractivity (Wildman–Crippen MR) is 122 cm³/mol. The van der Waals surface area contributed by atoms with Crippen molar-refractivity contribution in [3.05, 3.63) is 11.6 Å². The van der Waals surface area contributed by atoms with Crippen LogP contribution in [0.25, 0.3) is 0 Å². The number of hydrogen-bond acceptors (Lipinski definition) is 5. The van der Waals surface area contributed by atoms with E-state index in [2.05, 4.69) is 20.8 Å². The maximum Gasteiger partial charge on any atom is 0.305 e. The van der Waals surface area contributed by atoms with Gasteiger partial charge in [0.25, 0.3) is 0 Å². The highest BCUT2D eigenvalue weighted by Gasteiger charge is 2.61. The van der Waals surface area contributed by atoms with Gasteiger partial charge in [0.1, 0.15) is 6.10 Å². The molecule has 4 rings (SSSR count). The number of ether oxygens (including phenoxy) is 2. The molecule has 0 spiro atoms. The van der Waals surface area contributed by atoms with E-state index in [4.69, 9.17) is 9.47 Å². The van der Waals surface area contributed by atoms with Crippen LogP contribution >= 0.6 is 0 Å². The molecule has 5 heteroatoms. The molecule has 0 amide bonds. The van der Waals surface area contributed by atoms with Crippen LogP contribution in [0.2, 0.25) is 0 Å². The number of methoxy groups -OCH3 is 1. The van der Waals surface area contributed by atoms with Gasteiger partial charge >= 0.3 is 11.9 Å². The Morgan fingerprint density at radius 3 is 2.59 bits per heavy atom. The van der Waals surface area contributed by atoms with Crippen molar-refractivity contribution in [3.63, 3.8) is 0 Å². The molecule has 4 aliphatic carbocycles. The van der Waals surface area contributed by atoms with Gasteiger partial charge in [-0.3, -0.25) is 14.4 Å². The Morgan fingerprint density at radius 1 is 1.16 bits per heavy atom. The summed E-state index contributed by atoms with van der Waals surface area (Å²) in [5.74, 6) is 1.99. The fourth-order valence-electron chi connectivity index (χ4n) is 8.21. The first-order valence-electron chi connectivity index (χ1n) is 12.6. The molecular weight excluding hydrogens is 404 g/mol. The summed E-state index contributed by atoms with van der Waals surface area (Å²) in [7, 11) is 1.44. The van der Waals surface area contributed by atoms with E-state index in [0.717, 1.165) is 51.4 Å². The third kappa shape index (κ3) is 3.74. The molecule has 32 heavy (non-hydrogen) atoms. The second-order valence-corrected chi connectivity index (χ2v) is 11.4. The Hall–Kier alpha value is -1.65. The van der Waals surface area contributed by atoms with E-state index < -0.39 is 0 Å². The normalized spacial score (nSPS) is 41.6. The number of fused-ring (bicyclic) bond motifs is 5. The van der Waals surface area contributed by atoms with Gasteiger partial charge in [0.05, 0.1) is 7.11 Å². The predicted octanol–water partition coefficient (Wildman–Crippen LogP) is 5.27. The monoisotopic (exact) mass is 444 g/mol. The van der Waals surface area contributed by atoms with Crippen molar-refractivity contribution in [2.45, 2.75) is 91.6 Å². The first-order chi connectivity index (χ1) is 15.1. The lowest BCUT2D eigenvalue weighted by Crippen LogP contribution is -2.52. The molecule has 4 aliphatic rings. The zero-order chi connectivity index (χ0) is 23.3. The largest absolute Gasteiger partial charge is 0.469 e. The van der Waals surface area contributed by atoms with Gasteiger partial charge in [-0.1, -0.05) is 26.3 Å². The van der Waals surface area contributed by atoms with Crippen molar-refractivity contribution in [2.24, 2.45) is 40.4 Å². The minimum absolute atomic E-state index is 0.0267. The van der Waals surface area contributed by atoms with Gasteiger partial charge in [-0.2, -0.15) is 0 Å². The fourth-order valence-corrected chi connectivity index (χ4v) is 8.21. The van der Waals surface area contributed by atoms with E-state index in [-0.39, 0.29) is 28.9 Å². The van der Waals surface area contributed by atoms with Gasteiger partial charge in [-0.25, -0.2) is 0 Å². The Morgan fingerprint density at radius 2 is 1.91 bits per heavy atom. The van der Waals surface area contributed by atoms with E-state index in [1.807, 2.05) is 6.08 Å². The molecule has 8 atom stereocenters. The summed E-state index contributed by atoms with van der Waals surface area (Å²) >= 11 is 0. The van der Waals surface area contributed by atoms with Crippen LogP contribution in [0.4, 0.5) is 0 Å². The van der Waals surface area contributed by atoms with E-state index >= 15 is 0 Å². The lowest BCUT2D eigenvalue weighted by molar-refractivity contribution is -0.151. The van der Waals surface area contributed by atoms with Crippen LogP contribution in [0.5, 0.6) is 0 Å². The van der Waals surface area contributed by atoms with Gasteiger partial charge in [0, 0.05) is 18.8 Å². The number of rotatable bonds is 5. The third-order valence-corrected chi connectivity index (χ3v) is 10.0. The van der Waals surface area contributed by atoms with Gasteiger partial charge < -0.3 is 9.47 Å². The van der Waals surface area contributed by atoms with E-state index in [9.17, 15) is 14.4 Å². The maximum atomic E-state index is 13.8. The Labute approximate surface area is 192 Å². The van der Waals surface area contributed by atoms with Crippen LogP contribution in [0.15, 0.2) is 11.6 Å². The molecule has 0 N–H and O–H groups in total. The number of carbonyl (C=O) groups excluding carboxylic acids is 3. The highest BCUT2D eigenvalue weighted by atomic mass is 16.5. The minimum atomic E-state index is -0.318. The molecule has 0 aliphatic heterocycles. The van der Waals surface area contributed by atoms with Crippen LogP contribution in [0.1, 0.15) is 85.5 Å². The first-order valence-corrected chi connectivity index (χ1v) is 12.6. The average Bonchev–Trinajstić information content (AvgIpc) is 3.11. The Kier molecular flexibility index (Phi) is 6.32. The molecule has 178 valence electrons. The van der Waals surface area contributed by atoms with E-state index in [1.54, 1.807) is 0 Å². The zero-order valence-corrected chi connectivity index (χ0v) is 20.4. The molecule has 3 fully saturated rings. The molecule has 0 radical (unpaired) electrons. The summed E-state index contributed by atoms with van der Waals surface area (Å²) in [6.45, 7) is 8.28. The van der Waals surface area contributed by atoms with E-state index in [0.29, 0.717) is 41.8 Å². The first kappa shape index (κ1) is 23.5. The molecule has 0 aromatic rings. The second-order valence-electron chi connectivity index (χ2n) is 11.4. The van der Waals surface area contributed by atoms with Crippen molar-refractivity contribution < 1.29 is 23.9 Å². The molecule has 0 bridgehead atoms. The van der Waals surface area contributed by atoms with Crippen molar-refractivity contribution in [1.29, 1.82) is 0 Å². The zero-order valence-electron chi connectivity index (χ0n) is 20.4. The minimum Gasteiger partial charge on any atom is -0.469 e. The second kappa shape index (κ2) is 8.61. The standard InChI is InChI=1S/C27H40O5/c1-16(6-11-25(30)31-5)21-9-10-22-20-8-7-18-14-19(32-17(2)28)12-13-26(18,3)23(20)15-24(29)27(21,22)4/h15-16,18-22H,6-14H2,1-5H3. The van der Waals surface area contributed by atoms with Gasteiger partial charge in [-0.15, -0.1) is 0 Å². The highest BCUT2D eigenvalue weighted by molar-refractivity contribution is 5.97. The van der Waals surface area contributed by atoms with Crippen LogP contribution in [-0.4, -0.2) is 30.9 Å². The average molecular weight is 445 g/mol. The molecule has 5 nitrogen and oxygen atoms in total. The summed E-state index contributed by atoms with van der Waals surface area (Å²) in [5.41, 5.74) is 1.12. The topological polar surface area (TPSA) is 69.7 Å². The summed E-state index contributed by atoms with van der Waals surface area (Å²) < 4.78 is 10.4. The van der Waals surface area contributed by atoms with Crippen molar-refractivity contribution in [1.82, 2.24) is 0 Å². The van der Waals surface area contributed by atoms with Crippen LogP contribution in [0.3, 0.4) is 0 Å². The number of allylic oxidation sites excluding steroid dienone is 2. The molecule has 8 unspecified atom stereocenters. The number of esters is 2. The van der Waals surface area contributed by atoms with Crippen LogP contribution in [0, 0.1) is 40.4 Å². The van der Waals surface area contributed by atoms with Crippen LogP contribution < -0.4 is 0 Å². The van der Waals surface area contributed by atoms with Crippen molar-refractivity contribution >= 4 is 17.7 Å². The smallest absolute Gasteiger partial charge is 0.305 e. The quantitative estimate of drug-likeness (QED) is 0.541. The number of ketones is 1. The fraction of sp³-hybridized carbons (Fsp3) is 0.815. The molecular formula is C27H40O5. The SMILES string of the molecule is COC(=O)CCC(C)C1CCC2C3CCC4CC(OC(C)=O)CCC4(C)C3=CC(=O)C12C. The van der Waals surface area contributed by atoms with Gasteiger partial charge in [-0.05, 0) is 92.4 Å². The van der Waals surface area contributed by atoms with Crippen LogP contribution in [-0.2, 0) is 23.9 Å². The molecule has 0 aromatic carbocycles. The van der Waals surface area contributed by atoms with Crippen molar-refractivity contribution in [3.8, 4) is 0 Å². The summed E-state index contributed by atoms with van der Waals surface area (Å²) in [6.07, 6.45) is 10.5. The lowest BCUT2D eigenvalue weighted by Gasteiger charge is -2.56. The maximum absolute atomic E-state index is 13.8.